The Hall–Kier alpha value is -4.03. The number of ether oxygens (including phenoxy) is 1. The summed E-state index contributed by atoms with van der Waals surface area (Å²) in [5.74, 6) is -3.13. The molecule has 5 N–H and O–H groups in total. The zero-order valence-corrected chi connectivity index (χ0v) is 22.4. The number of imide groups is 1. The first-order valence-electron chi connectivity index (χ1n) is 12.7. The third kappa shape index (κ3) is 9.34. The Bertz CT molecular complexity index is 1070. The lowest BCUT2D eigenvalue weighted by molar-refractivity contribution is -0.139. The smallest absolute Gasteiger partial charge is 0.408 e. The van der Waals surface area contributed by atoms with E-state index in [0.29, 0.717) is 12.8 Å². The number of carbonyl (C=O) groups is 5. The molecular formula is C26H36FN5O7. The highest BCUT2D eigenvalue weighted by atomic mass is 19.1. The van der Waals surface area contributed by atoms with Crippen molar-refractivity contribution in [2.24, 2.45) is 10.7 Å². The Morgan fingerprint density at radius 2 is 1.69 bits per heavy atom. The summed E-state index contributed by atoms with van der Waals surface area (Å²) in [5.41, 5.74) is 4.97. The van der Waals surface area contributed by atoms with E-state index >= 15 is 0 Å². The molecule has 1 aliphatic rings. The van der Waals surface area contributed by atoms with Gasteiger partial charge in [-0.3, -0.25) is 24.3 Å². The molecule has 4 amide bonds. The summed E-state index contributed by atoms with van der Waals surface area (Å²) in [6.45, 7) is 4.35. The van der Waals surface area contributed by atoms with E-state index in [9.17, 15) is 33.5 Å². The van der Waals surface area contributed by atoms with Gasteiger partial charge in [-0.15, -0.1) is 0 Å². The van der Waals surface area contributed by atoms with Crippen molar-refractivity contribution in [3.63, 3.8) is 0 Å². The molecule has 2 rings (SSSR count). The number of amides is 4. The van der Waals surface area contributed by atoms with Crippen LogP contribution in [0.3, 0.4) is 0 Å². The van der Waals surface area contributed by atoms with E-state index in [0.717, 1.165) is 4.90 Å². The first-order valence-corrected chi connectivity index (χ1v) is 12.7. The van der Waals surface area contributed by atoms with E-state index in [1.54, 1.807) is 32.9 Å². The van der Waals surface area contributed by atoms with Crippen LogP contribution in [0.25, 0.3) is 0 Å². The summed E-state index contributed by atoms with van der Waals surface area (Å²) >= 11 is 0. The molecule has 0 spiro atoms. The van der Waals surface area contributed by atoms with Gasteiger partial charge in [0, 0.05) is 13.1 Å². The van der Waals surface area contributed by atoms with Crippen LogP contribution < -0.4 is 16.4 Å². The molecule has 1 aliphatic heterocycles. The normalized spacial score (nSPS) is 15.0. The van der Waals surface area contributed by atoms with Crippen LogP contribution in [0.5, 0.6) is 0 Å². The number of hydrogen-bond donors (Lipinski definition) is 4. The van der Waals surface area contributed by atoms with Crippen LogP contribution in [0.2, 0.25) is 0 Å². The van der Waals surface area contributed by atoms with Crippen molar-refractivity contribution in [2.45, 2.75) is 70.6 Å². The predicted octanol–water partition coefficient (Wildman–Crippen LogP) is 2.02. The van der Waals surface area contributed by atoms with Crippen LogP contribution in [-0.4, -0.2) is 83.1 Å². The number of nitrogens with zero attached hydrogens (tertiary/aromatic N) is 2. The fourth-order valence-corrected chi connectivity index (χ4v) is 3.93. The highest BCUT2D eigenvalue weighted by molar-refractivity contribution is 6.22. The number of amidine groups is 1. The van der Waals surface area contributed by atoms with Crippen molar-refractivity contribution < 1.29 is 38.2 Å². The molecule has 0 bridgehead atoms. The van der Waals surface area contributed by atoms with E-state index < -0.39 is 54.1 Å². The molecule has 0 aliphatic carbocycles. The van der Waals surface area contributed by atoms with Gasteiger partial charge in [0.15, 0.2) is 0 Å². The first kappa shape index (κ1) is 31.2. The molecule has 12 nitrogen and oxygen atoms in total. The standard InChI is InChI=1S/C26H36FN5O7/c1-26(2,3)39-25(38)31-18(24(36)37)11-8-14-30-21(33)19(12-6-7-13-29-20(28)15-27)32-22(34)16-9-4-5-10-17(16)23(32)35/h4-5,9-10,18-19H,6-8,11-15H2,1-3H3,(H2,28,29)(H,30,33)(H,31,38)(H,36,37). The van der Waals surface area contributed by atoms with E-state index in [1.807, 2.05) is 0 Å². The molecule has 0 saturated carbocycles. The van der Waals surface area contributed by atoms with E-state index in [-0.39, 0.29) is 49.3 Å². The first-order chi connectivity index (χ1) is 18.4. The molecule has 1 aromatic rings. The number of carboxylic acids is 1. The monoisotopic (exact) mass is 549 g/mol. The van der Waals surface area contributed by atoms with Gasteiger partial charge < -0.3 is 26.2 Å². The van der Waals surface area contributed by atoms with Crippen molar-refractivity contribution in [1.82, 2.24) is 15.5 Å². The Kier molecular flexibility index (Phi) is 11.4. The number of alkyl halides is 1. The van der Waals surface area contributed by atoms with Crippen LogP contribution in [0.4, 0.5) is 9.18 Å². The second-order valence-electron chi connectivity index (χ2n) is 10.0. The minimum Gasteiger partial charge on any atom is -0.480 e. The maximum atomic E-state index is 13.1. The maximum Gasteiger partial charge on any atom is 0.408 e. The second kappa shape index (κ2) is 14.2. The molecule has 0 saturated heterocycles. The molecule has 2 unspecified atom stereocenters. The zero-order chi connectivity index (χ0) is 29.2. The molecule has 214 valence electrons. The molecule has 2 atom stereocenters. The molecule has 0 radical (unpaired) electrons. The molecule has 1 aromatic carbocycles. The lowest BCUT2D eigenvalue weighted by atomic mass is 10.1. The predicted molar refractivity (Wildman–Crippen MR) is 140 cm³/mol. The van der Waals surface area contributed by atoms with Gasteiger partial charge in [-0.05, 0) is 65.0 Å². The third-order valence-electron chi connectivity index (χ3n) is 5.74. The largest absolute Gasteiger partial charge is 0.480 e. The minimum atomic E-state index is -1.26. The van der Waals surface area contributed by atoms with Crippen LogP contribution >= 0.6 is 0 Å². The van der Waals surface area contributed by atoms with Gasteiger partial charge in [0.1, 0.15) is 30.2 Å². The van der Waals surface area contributed by atoms with Crippen molar-refractivity contribution in [2.75, 3.05) is 19.8 Å². The maximum absolute atomic E-state index is 13.1. The van der Waals surface area contributed by atoms with Crippen LogP contribution in [0, 0.1) is 0 Å². The SMILES string of the molecule is CC(C)(C)OC(=O)NC(CCCNC(=O)C(CCCCN=C(N)CF)N1C(=O)c2ccccc2C1=O)C(=O)O. The number of alkyl carbamates (subject to hydrolysis) is 1. The number of carboxylic acid groups (broad SMARTS) is 1. The molecule has 0 aromatic heterocycles. The molecule has 39 heavy (non-hydrogen) atoms. The summed E-state index contributed by atoms with van der Waals surface area (Å²) in [5, 5.41) is 14.4. The van der Waals surface area contributed by atoms with Gasteiger partial charge >= 0.3 is 12.1 Å². The average Bonchev–Trinajstić information content (AvgIpc) is 3.11. The fourth-order valence-electron chi connectivity index (χ4n) is 3.93. The highest BCUT2D eigenvalue weighted by Crippen LogP contribution is 2.26. The number of aliphatic carboxylic acids is 1. The van der Waals surface area contributed by atoms with Gasteiger partial charge in [-0.2, -0.15) is 0 Å². The van der Waals surface area contributed by atoms with E-state index in [1.165, 1.54) is 12.1 Å². The summed E-state index contributed by atoms with van der Waals surface area (Å²) in [7, 11) is 0. The second-order valence-corrected chi connectivity index (χ2v) is 10.0. The average molecular weight is 550 g/mol. The number of rotatable bonds is 14. The van der Waals surface area contributed by atoms with Gasteiger partial charge in [-0.1, -0.05) is 12.1 Å². The number of nitrogens with one attached hydrogen (secondary N) is 2. The molecular weight excluding hydrogens is 513 g/mol. The number of carbonyl (C=O) groups excluding carboxylic acids is 4. The molecule has 1 heterocycles. The van der Waals surface area contributed by atoms with Crippen molar-refractivity contribution in [1.29, 1.82) is 0 Å². The topological polar surface area (TPSA) is 180 Å². The summed E-state index contributed by atoms with van der Waals surface area (Å²) in [6, 6.07) is 3.93. The van der Waals surface area contributed by atoms with Gasteiger partial charge in [0.05, 0.1) is 11.1 Å². The van der Waals surface area contributed by atoms with Gasteiger partial charge in [0.25, 0.3) is 11.8 Å². The van der Waals surface area contributed by atoms with Crippen LogP contribution in [0.1, 0.15) is 73.6 Å². The molecule has 0 fully saturated rings. The number of aliphatic imine (C=N–C) groups is 1. The van der Waals surface area contributed by atoms with E-state index in [2.05, 4.69) is 15.6 Å². The Balaban J connectivity index is 2.01. The van der Waals surface area contributed by atoms with Crippen LogP contribution in [-0.2, 0) is 14.3 Å². The van der Waals surface area contributed by atoms with E-state index in [4.69, 9.17) is 10.5 Å². The number of halogens is 1. The van der Waals surface area contributed by atoms with Crippen molar-refractivity contribution >= 4 is 35.6 Å². The quantitative estimate of drug-likeness (QED) is 0.118. The lowest BCUT2D eigenvalue weighted by Gasteiger charge is -2.25. The number of nitrogens with two attached hydrogens (primary N) is 1. The molecule has 13 heteroatoms. The minimum absolute atomic E-state index is 0.000533. The number of unbranched alkanes of at least 4 members (excludes halogenated alkanes) is 1. The number of fused-ring (bicyclic) bond motifs is 1. The fraction of sp³-hybridized carbons (Fsp3) is 0.538. The van der Waals surface area contributed by atoms with Crippen molar-refractivity contribution in [3.05, 3.63) is 35.4 Å². The summed E-state index contributed by atoms with van der Waals surface area (Å²) in [6.07, 6.45) is 0.299. The zero-order valence-electron chi connectivity index (χ0n) is 22.4. The Labute approximate surface area is 226 Å². The third-order valence-corrected chi connectivity index (χ3v) is 5.74. The van der Waals surface area contributed by atoms with Gasteiger partial charge in [0.2, 0.25) is 5.91 Å². The van der Waals surface area contributed by atoms with Crippen LogP contribution in [0.15, 0.2) is 29.3 Å². The Morgan fingerprint density at radius 3 is 2.23 bits per heavy atom. The van der Waals surface area contributed by atoms with Gasteiger partial charge in [-0.25, -0.2) is 14.0 Å². The summed E-state index contributed by atoms with van der Waals surface area (Å²) in [4.78, 5) is 67.4. The van der Waals surface area contributed by atoms with Crippen molar-refractivity contribution in [3.8, 4) is 0 Å². The lowest BCUT2D eigenvalue weighted by Crippen LogP contribution is -2.50. The summed E-state index contributed by atoms with van der Waals surface area (Å²) < 4.78 is 17.6. The highest BCUT2D eigenvalue weighted by Gasteiger charge is 2.42. The number of hydrogen-bond acceptors (Lipinski definition) is 7. The number of benzene rings is 1. The Morgan fingerprint density at radius 1 is 1.08 bits per heavy atom.